The van der Waals surface area contributed by atoms with Crippen molar-refractivity contribution in [2.45, 2.75) is 12.5 Å². The Morgan fingerprint density at radius 1 is 1.30 bits per heavy atom. The van der Waals surface area contributed by atoms with Gasteiger partial charge in [-0.05, 0) is 36.4 Å². The Labute approximate surface area is 145 Å². The first kappa shape index (κ1) is 16.0. The molecule has 0 saturated carbocycles. The van der Waals surface area contributed by atoms with Crippen molar-refractivity contribution in [3.8, 4) is 0 Å². The predicted octanol–water partition coefficient (Wildman–Crippen LogP) is 4.37. The van der Waals surface area contributed by atoms with Crippen LogP contribution < -0.4 is 5.32 Å². The van der Waals surface area contributed by atoms with Gasteiger partial charge >= 0.3 is 0 Å². The average Bonchev–Trinajstić information content (AvgIpc) is 2.99. The summed E-state index contributed by atoms with van der Waals surface area (Å²) in [5.41, 5.74) is 1.14. The normalized spacial score (nSPS) is 16.7. The monoisotopic (exact) mass is 396 g/mol. The van der Waals surface area contributed by atoms with E-state index in [1.165, 1.54) is 12.1 Å². The largest absolute Gasteiger partial charge is 0.382 e. The number of nitrogens with zero attached hydrogens (tertiary/aromatic N) is 1. The summed E-state index contributed by atoms with van der Waals surface area (Å²) in [5, 5.41) is 6.77. The SMILES string of the molecule is O=C(Nc1ccc(Br)cc1)[C@@H]1CC(c2c(F)cccc2Cl)=NO1. The molecule has 1 aliphatic heterocycles. The highest BCUT2D eigenvalue weighted by molar-refractivity contribution is 9.10. The standard InChI is InChI=1S/C16H11BrClFN2O2/c17-9-4-6-10(7-5-9)20-16(22)14-8-13(21-23-14)15-11(18)2-1-3-12(15)19/h1-7,14H,8H2,(H,20,22)/t14-/m0/s1. The summed E-state index contributed by atoms with van der Waals surface area (Å²) in [6.07, 6.45) is -0.660. The van der Waals surface area contributed by atoms with Crippen molar-refractivity contribution in [3.05, 3.63) is 63.3 Å². The van der Waals surface area contributed by atoms with E-state index in [2.05, 4.69) is 26.4 Å². The lowest BCUT2D eigenvalue weighted by Gasteiger charge is -2.09. The number of carbonyl (C=O) groups excluding carboxylic acids is 1. The van der Waals surface area contributed by atoms with Crippen molar-refractivity contribution in [1.29, 1.82) is 0 Å². The number of hydrogen-bond acceptors (Lipinski definition) is 3. The van der Waals surface area contributed by atoms with E-state index in [1.807, 2.05) is 12.1 Å². The van der Waals surface area contributed by atoms with E-state index in [4.69, 9.17) is 16.4 Å². The fourth-order valence-electron chi connectivity index (χ4n) is 2.20. The smallest absolute Gasteiger partial charge is 0.268 e. The minimum atomic E-state index is -0.815. The van der Waals surface area contributed by atoms with Gasteiger partial charge in [-0.25, -0.2) is 4.39 Å². The molecule has 1 N–H and O–H groups in total. The third-order valence-corrected chi connectivity index (χ3v) is 4.17. The highest BCUT2D eigenvalue weighted by Crippen LogP contribution is 2.26. The van der Waals surface area contributed by atoms with Gasteiger partial charge in [-0.15, -0.1) is 0 Å². The van der Waals surface area contributed by atoms with Crippen molar-refractivity contribution < 1.29 is 14.0 Å². The van der Waals surface area contributed by atoms with Crippen LogP contribution in [0.4, 0.5) is 10.1 Å². The van der Waals surface area contributed by atoms with Crippen molar-refractivity contribution in [2.24, 2.45) is 5.16 Å². The van der Waals surface area contributed by atoms with Crippen LogP contribution in [0.2, 0.25) is 5.02 Å². The molecular formula is C16H11BrClFN2O2. The molecule has 0 bridgehead atoms. The molecule has 0 radical (unpaired) electrons. The van der Waals surface area contributed by atoms with Crippen LogP contribution in [-0.2, 0) is 9.63 Å². The summed E-state index contributed by atoms with van der Waals surface area (Å²) in [7, 11) is 0. The summed E-state index contributed by atoms with van der Waals surface area (Å²) in [6, 6.07) is 11.5. The van der Waals surface area contributed by atoms with E-state index in [0.29, 0.717) is 11.4 Å². The first-order valence-corrected chi connectivity index (χ1v) is 7.95. The molecule has 4 nitrogen and oxygen atoms in total. The Hall–Kier alpha value is -1.92. The molecule has 7 heteroatoms. The summed E-state index contributed by atoms with van der Waals surface area (Å²) < 4.78 is 14.8. The molecule has 118 valence electrons. The summed E-state index contributed by atoms with van der Waals surface area (Å²) in [5.74, 6) is -0.840. The second-order valence-electron chi connectivity index (χ2n) is 4.93. The molecule has 1 heterocycles. The van der Waals surface area contributed by atoms with Crippen LogP contribution in [-0.4, -0.2) is 17.7 Å². The van der Waals surface area contributed by atoms with Crippen LogP contribution in [0.3, 0.4) is 0 Å². The number of benzene rings is 2. The molecular weight excluding hydrogens is 387 g/mol. The summed E-state index contributed by atoms with van der Waals surface area (Å²) in [6.45, 7) is 0. The Kier molecular flexibility index (Phi) is 4.63. The molecule has 0 fully saturated rings. The van der Waals surface area contributed by atoms with Crippen molar-refractivity contribution in [3.63, 3.8) is 0 Å². The zero-order valence-electron chi connectivity index (χ0n) is 11.7. The molecule has 1 amide bonds. The Balaban J connectivity index is 1.69. The number of amides is 1. The van der Waals surface area contributed by atoms with Gasteiger partial charge < -0.3 is 10.2 Å². The Bertz CT molecular complexity index is 760. The van der Waals surface area contributed by atoms with Crippen LogP contribution in [0.15, 0.2) is 52.1 Å². The number of rotatable bonds is 3. The highest BCUT2D eigenvalue weighted by atomic mass is 79.9. The molecule has 3 rings (SSSR count). The molecule has 1 aliphatic rings. The molecule has 2 aromatic rings. The quantitative estimate of drug-likeness (QED) is 0.836. The van der Waals surface area contributed by atoms with Crippen molar-refractivity contribution in [2.75, 3.05) is 5.32 Å². The summed E-state index contributed by atoms with van der Waals surface area (Å²) >= 11 is 9.32. The third-order valence-electron chi connectivity index (χ3n) is 3.32. The van der Waals surface area contributed by atoms with Crippen LogP contribution in [0.25, 0.3) is 0 Å². The molecule has 2 aromatic carbocycles. The van der Waals surface area contributed by atoms with E-state index >= 15 is 0 Å². The minimum Gasteiger partial charge on any atom is -0.382 e. The number of oxime groups is 1. The molecule has 0 aromatic heterocycles. The van der Waals surface area contributed by atoms with Gasteiger partial charge in [0, 0.05) is 16.6 Å². The number of anilines is 1. The molecule has 1 atom stereocenters. The molecule has 0 saturated heterocycles. The number of hydrogen-bond donors (Lipinski definition) is 1. The van der Waals surface area contributed by atoms with Gasteiger partial charge in [-0.1, -0.05) is 38.8 Å². The second kappa shape index (κ2) is 6.68. The fraction of sp³-hybridized carbons (Fsp3) is 0.125. The van der Waals surface area contributed by atoms with Gasteiger partial charge in [0.25, 0.3) is 5.91 Å². The van der Waals surface area contributed by atoms with Gasteiger partial charge in [0.15, 0.2) is 0 Å². The van der Waals surface area contributed by atoms with Gasteiger partial charge in [0.05, 0.1) is 16.3 Å². The number of halogens is 3. The molecule has 0 unspecified atom stereocenters. The zero-order valence-corrected chi connectivity index (χ0v) is 14.1. The maximum absolute atomic E-state index is 13.9. The van der Waals surface area contributed by atoms with Gasteiger partial charge in [-0.3, -0.25) is 4.79 Å². The number of carbonyl (C=O) groups is 1. The molecule has 23 heavy (non-hydrogen) atoms. The lowest BCUT2D eigenvalue weighted by atomic mass is 10.0. The molecule has 0 aliphatic carbocycles. The van der Waals surface area contributed by atoms with Gasteiger partial charge in [0.2, 0.25) is 6.10 Å². The maximum atomic E-state index is 13.9. The van der Waals surface area contributed by atoms with Crippen LogP contribution in [0.5, 0.6) is 0 Å². The van der Waals surface area contributed by atoms with E-state index in [0.717, 1.165) is 4.47 Å². The average molecular weight is 398 g/mol. The first-order valence-electron chi connectivity index (χ1n) is 6.78. The minimum absolute atomic E-state index is 0.156. The van der Waals surface area contributed by atoms with E-state index in [9.17, 15) is 9.18 Å². The van der Waals surface area contributed by atoms with E-state index < -0.39 is 11.9 Å². The van der Waals surface area contributed by atoms with Crippen molar-refractivity contribution in [1.82, 2.24) is 0 Å². The Morgan fingerprint density at radius 3 is 2.74 bits per heavy atom. The van der Waals surface area contributed by atoms with E-state index in [-0.39, 0.29) is 22.9 Å². The van der Waals surface area contributed by atoms with E-state index in [1.54, 1.807) is 18.2 Å². The highest BCUT2D eigenvalue weighted by Gasteiger charge is 2.31. The summed E-state index contributed by atoms with van der Waals surface area (Å²) in [4.78, 5) is 17.3. The molecule has 0 spiro atoms. The van der Waals surface area contributed by atoms with Crippen molar-refractivity contribution >= 4 is 44.8 Å². The lowest BCUT2D eigenvalue weighted by molar-refractivity contribution is -0.125. The van der Waals surface area contributed by atoms with Crippen LogP contribution in [0, 0.1) is 5.82 Å². The third kappa shape index (κ3) is 3.54. The predicted molar refractivity (Wildman–Crippen MR) is 90.2 cm³/mol. The number of nitrogens with one attached hydrogen (secondary N) is 1. The fourth-order valence-corrected chi connectivity index (χ4v) is 2.73. The Morgan fingerprint density at radius 2 is 2.04 bits per heavy atom. The van der Waals surface area contributed by atoms with Crippen LogP contribution >= 0.6 is 27.5 Å². The second-order valence-corrected chi connectivity index (χ2v) is 6.25. The zero-order chi connectivity index (χ0) is 16.4. The topological polar surface area (TPSA) is 50.7 Å². The maximum Gasteiger partial charge on any atom is 0.268 e. The van der Waals surface area contributed by atoms with Crippen LogP contribution in [0.1, 0.15) is 12.0 Å². The van der Waals surface area contributed by atoms with Gasteiger partial charge in [0.1, 0.15) is 5.82 Å². The van der Waals surface area contributed by atoms with Gasteiger partial charge in [-0.2, -0.15) is 0 Å². The lowest BCUT2D eigenvalue weighted by Crippen LogP contribution is -2.28. The first-order chi connectivity index (χ1) is 11.0.